The highest BCUT2D eigenvalue weighted by Gasteiger charge is 2.28. The zero-order valence-electron chi connectivity index (χ0n) is 21.4. The number of amides is 1. The quantitative estimate of drug-likeness (QED) is 0.180. The minimum absolute atomic E-state index is 0.0185. The summed E-state index contributed by atoms with van der Waals surface area (Å²) in [7, 11) is 0. The standard InChI is InChI=1S/C23H30N6OS.C4H6O2/c1-16(2)13-19(15-31)23(30)25-12-11-24-14-17-7-9-18(10-8-17)20-5-3-4-6-21(20)22-26-28-29-27-22;5-4(6)3-1-2-3/h3-10,16,19,24,31H,11-15H2,1-2H3,(H,25,30)(H,26,27,28,29);3H,1-2H2,(H,5,6). The van der Waals surface area contributed by atoms with Gasteiger partial charge in [0.15, 0.2) is 0 Å². The zero-order valence-corrected chi connectivity index (χ0v) is 22.2. The van der Waals surface area contributed by atoms with Gasteiger partial charge in [0.05, 0.1) is 5.92 Å². The number of H-pyrrole nitrogens is 1. The van der Waals surface area contributed by atoms with E-state index in [1.807, 2.05) is 18.2 Å². The average Bonchev–Trinajstić information content (AvgIpc) is 3.62. The molecule has 0 radical (unpaired) electrons. The monoisotopic (exact) mass is 524 g/mol. The molecule has 1 aromatic heterocycles. The summed E-state index contributed by atoms with van der Waals surface area (Å²) in [5, 5.41) is 28.8. The van der Waals surface area contributed by atoms with E-state index in [1.54, 1.807) is 0 Å². The van der Waals surface area contributed by atoms with Crippen LogP contribution in [0.4, 0.5) is 0 Å². The van der Waals surface area contributed by atoms with Gasteiger partial charge in [-0.3, -0.25) is 9.59 Å². The van der Waals surface area contributed by atoms with E-state index in [1.165, 1.54) is 5.56 Å². The first-order valence-electron chi connectivity index (χ1n) is 12.6. The van der Waals surface area contributed by atoms with E-state index in [0.717, 1.165) is 49.0 Å². The topological polar surface area (TPSA) is 133 Å². The molecular weight excluding hydrogens is 488 g/mol. The van der Waals surface area contributed by atoms with Crippen LogP contribution in [0.5, 0.6) is 0 Å². The molecule has 10 heteroatoms. The van der Waals surface area contributed by atoms with Crippen LogP contribution in [-0.4, -0.2) is 56.4 Å². The van der Waals surface area contributed by atoms with E-state index in [0.29, 0.717) is 24.0 Å². The fraction of sp³-hybridized carbons (Fsp3) is 0.444. The number of aromatic nitrogens is 4. The Morgan fingerprint density at radius 1 is 1.08 bits per heavy atom. The van der Waals surface area contributed by atoms with Crippen LogP contribution in [0.15, 0.2) is 48.5 Å². The van der Waals surface area contributed by atoms with Crippen molar-refractivity contribution in [2.45, 2.75) is 39.7 Å². The lowest BCUT2D eigenvalue weighted by Gasteiger charge is -2.16. The van der Waals surface area contributed by atoms with Crippen LogP contribution < -0.4 is 10.6 Å². The molecule has 0 spiro atoms. The molecule has 4 N–H and O–H groups in total. The van der Waals surface area contributed by atoms with Gasteiger partial charge >= 0.3 is 5.97 Å². The zero-order chi connectivity index (χ0) is 26.6. The number of aliphatic carboxylic acids is 1. The van der Waals surface area contributed by atoms with Crippen molar-refractivity contribution in [3.63, 3.8) is 0 Å². The van der Waals surface area contributed by atoms with Crippen molar-refractivity contribution >= 4 is 24.5 Å². The van der Waals surface area contributed by atoms with Gasteiger partial charge in [-0.15, -0.1) is 10.2 Å². The Morgan fingerprint density at radius 3 is 2.32 bits per heavy atom. The van der Waals surface area contributed by atoms with Gasteiger partial charge in [-0.05, 0) is 47.1 Å². The van der Waals surface area contributed by atoms with E-state index in [9.17, 15) is 9.59 Å². The first kappa shape index (κ1) is 28.3. The summed E-state index contributed by atoms with van der Waals surface area (Å²) in [6.45, 7) is 6.32. The van der Waals surface area contributed by atoms with Crippen LogP contribution in [0.1, 0.15) is 38.7 Å². The van der Waals surface area contributed by atoms with E-state index in [4.69, 9.17) is 5.11 Å². The summed E-state index contributed by atoms with van der Waals surface area (Å²) >= 11 is 4.31. The average molecular weight is 525 g/mol. The third kappa shape index (κ3) is 9.29. The lowest BCUT2D eigenvalue weighted by atomic mass is 9.98. The van der Waals surface area contributed by atoms with Gasteiger partial charge in [0.2, 0.25) is 11.7 Å². The number of nitrogens with zero attached hydrogens (tertiary/aromatic N) is 3. The molecule has 0 bridgehead atoms. The number of aromatic amines is 1. The molecule has 1 atom stereocenters. The van der Waals surface area contributed by atoms with Crippen molar-refractivity contribution in [3.8, 4) is 22.5 Å². The minimum atomic E-state index is -0.630. The molecule has 0 aliphatic heterocycles. The Bertz CT molecular complexity index is 1120. The van der Waals surface area contributed by atoms with Crippen LogP contribution in [-0.2, 0) is 16.1 Å². The maximum Gasteiger partial charge on any atom is 0.306 e. The molecule has 1 heterocycles. The van der Waals surface area contributed by atoms with E-state index >= 15 is 0 Å². The lowest BCUT2D eigenvalue weighted by molar-refractivity contribution is -0.138. The molecule has 1 fully saturated rings. The van der Waals surface area contributed by atoms with Crippen LogP contribution in [0.25, 0.3) is 22.5 Å². The number of tetrazole rings is 1. The van der Waals surface area contributed by atoms with E-state index in [-0.39, 0.29) is 17.7 Å². The second-order valence-electron chi connectivity index (χ2n) is 9.57. The Balaban J connectivity index is 0.000000555. The molecule has 1 amide bonds. The molecule has 0 saturated heterocycles. The Kier molecular flexibility index (Phi) is 11.1. The van der Waals surface area contributed by atoms with Gasteiger partial charge in [-0.1, -0.05) is 62.4 Å². The molecule has 4 rings (SSSR count). The number of hydrogen-bond donors (Lipinski definition) is 5. The number of carbonyl (C=O) groups excluding carboxylic acids is 1. The maximum absolute atomic E-state index is 12.2. The second-order valence-corrected chi connectivity index (χ2v) is 9.93. The SMILES string of the molecule is CC(C)CC(CS)C(=O)NCCNCc1ccc(-c2ccccc2-c2nn[nH]n2)cc1.O=C(O)C1CC1. The molecule has 1 aliphatic rings. The number of nitrogens with one attached hydrogen (secondary N) is 3. The van der Waals surface area contributed by atoms with Gasteiger partial charge in [0.1, 0.15) is 0 Å². The van der Waals surface area contributed by atoms with Gasteiger partial charge in [-0.25, -0.2) is 0 Å². The molecule has 9 nitrogen and oxygen atoms in total. The molecular formula is C27H36N6O3S. The van der Waals surface area contributed by atoms with Crippen molar-refractivity contribution in [2.24, 2.45) is 17.8 Å². The van der Waals surface area contributed by atoms with Crippen LogP contribution in [0.2, 0.25) is 0 Å². The fourth-order valence-corrected chi connectivity index (χ4v) is 4.14. The van der Waals surface area contributed by atoms with Crippen LogP contribution in [0, 0.1) is 17.8 Å². The van der Waals surface area contributed by atoms with Crippen LogP contribution in [0.3, 0.4) is 0 Å². The number of hydrogen-bond acceptors (Lipinski definition) is 7. The Morgan fingerprint density at radius 2 is 1.78 bits per heavy atom. The van der Waals surface area contributed by atoms with Crippen molar-refractivity contribution in [1.82, 2.24) is 31.3 Å². The third-order valence-corrected chi connectivity index (χ3v) is 6.42. The number of carbonyl (C=O) groups is 2. The highest BCUT2D eigenvalue weighted by Crippen LogP contribution is 2.30. The maximum atomic E-state index is 12.2. The Hall–Kier alpha value is -3.24. The molecule has 1 aliphatic carbocycles. The molecule has 3 aromatic rings. The van der Waals surface area contributed by atoms with E-state index in [2.05, 4.69) is 88.1 Å². The molecule has 37 heavy (non-hydrogen) atoms. The normalized spacial score (nSPS) is 13.5. The summed E-state index contributed by atoms with van der Waals surface area (Å²) in [6, 6.07) is 16.4. The predicted molar refractivity (Wildman–Crippen MR) is 147 cm³/mol. The summed E-state index contributed by atoms with van der Waals surface area (Å²) in [6.07, 6.45) is 2.66. The summed E-state index contributed by atoms with van der Waals surface area (Å²) in [5.41, 5.74) is 4.28. The summed E-state index contributed by atoms with van der Waals surface area (Å²) < 4.78 is 0. The number of rotatable bonds is 12. The van der Waals surface area contributed by atoms with Crippen LogP contribution >= 0.6 is 12.6 Å². The number of benzene rings is 2. The Labute approximate surface area is 223 Å². The van der Waals surface area contributed by atoms with Gasteiger partial charge < -0.3 is 15.7 Å². The van der Waals surface area contributed by atoms with E-state index < -0.39 is 5.97 Å². The summed E-state index contributed by atoms with van der Waals surface area (Å²) in [5.74, 6) is 1.11. The molecule has 2 aromatic carbocycles. The third-order valence-electron chi connectivity index (χ3n) is 5.98. The fourth-order valence-electron chi connectivity index (χ4n) is 3.82. The molecule has 1 unspecified atom stereocenters. The summed E-state index contributed by atoms with van der Waals surface area (Å²) in [4.78, 5) is 22.0. The second kappa shape index (κ2) is 14.5. The smallest absolute Gasteiger partial charge is 0.306 e. The first-order chi connectivity index (χ1) is 17.9. The number of thiol groups is 1. The van der Waals surface area contributed by atoms with Crippen molar-refractivity contribution in [3.05, 3.63) is 54.1 Å². The van der Waals surface area contributed by atoms with Gasteiger partial charge in [0, 0.05) is 36.9 Å². The van der Waals surface area contributed by atoms with Crippen molar-refractivity contribution in [2.75, 3.05) is 18.8 Å². The number of carboxylic acid groups (broad SMARTS) is 1. The van der Waals surface area contributed by atoms with Gasteiger partial charge in [-0.2, -0.15) is 17.8 Å². The van der Waals surface area contributed by atoms with Crippen molar-refractivity contribution in [1.29, 1.82) is 0 Å². The highest BCUT2D eigenvalue weighted by atomic mass is 32.1. The molecule has 1 saturated carbocycles. The minimum Gasteiger partial charge on any atom is -0.481 e. The van der Waals surface area contributed by atoms with Crippen molar-refractivity contribution < 1.29 is 14.7 Å². The number of carboxylic acids is 1. The molecule has 198 valence electrons. The predicted octanol–water partition coefficient (Wildman–Crippen LogP) is 3.81. The first-order valence-corrected chi connectivity index (χ1v) is 13.3. The largest absolute Gasteiger partial charge is 0.481 e. The van der Waals surface area contributed by atoms with Gasteiger partial charge in [0.25, 0.3) is 0 Å². The highest BCUT2D eigenvalue weighted by molar-refractivity contribution is 7.80. The lowest BCUT2D eigenvalue weighted by Crippen LogP contribution is -2.36.